The number of hydrogen-bond acceptors (Lipinski definition) is 3. The smallest absolute Gasteiger partial charge is 0.166 e. The van der Waals surface area contributed by atoms with Crippen molar-refractivity contribution in [3.05, 3.63) is 36.1 Å². The third-order valence-corrected chi connectivity index (χ3v) is 1.46. The SMILES string of the molecule is C=C1C=CC(NO)=CCC1=O. The number of ketones is 1. The van der Waals surface area contributed by atoms with Crippen LogP contribution in [0.25, 0.3) is 0 Å². The molecule has 0 aliphatic heterocycles. The Morgan fingerprint density at radius 2 is 2.27 bits per heavy atom. The van der Waals surface area contributed by atoms with E-state index >= 15 is 0 Å². The first-order chi connectivity index (χ1) is 5.24. The molecule has 0 saturated carbocycles. The Morgan fingerprint density at radius 3 is 2.91 bits per heavy atom. The molecule has 3 heteroatoms. The van der Waals surface area contributed by atoms with Gasteiger partial charge in [0.2, 0.25) is 0 Å². The van der Waals surface area contributed by atoms with Gasteiger partial charge in [0.05, 0.1) is 5.70 Å². The molecular formula is C8H9NO2. The molecule has 1 rings (SSSR count). The lowest BCUT2D eigenvalue weighted by molar-refractivity contribution is -0.114. The zero-order valence-electron chi connectivity index (χ0n) is 6.00. The molecule has 2 N–H and O–H groups in total. The zero-order chi connectivity index (χ0) is 8.27. The lowest BCUT2D eigenvalue weighted by atomic mass is 10.1. The van der Waals surface area contributed by atoms with Gasteiger partial charge < -0.3 is 0 Å². The topological polar surface area (TPSA) is 49.3 Å². The first-order valence-corrected chi connectivity index (χ1v) is 3.24. The number of Topliss-reactive ketones (excluding diaryl/α,β-unsaturated/α-hetero) is 1. The van der Waals surface area contributed by atoms with E-state index in [-0.39, 0.29) is 12.2 Å². The van der Waals surface area contributed by atoms with Crippen LogP contribution in [0.4, 0.5) is 0 Å². The molecule has 0 saturated heterocycles. The van der Waals surface area contributed by atoms with Gasteiger partial charge in [0, 0.05) is 12.0 Å². The summed E-state index contributed by atoms with van der Waals surface area (Å²) in [5.41, 5.74) is 2.96. The van der Waals surface area contributed by atoms with Crippen molar-refractivity contribution >= 4 is 5.78 Å². The summed E-state index contributed by atoms with van der Waals surface area (Å²) < 4.78 is 0. The number of hydroxylamine groups is 1. The van der Waals surface area contributed by atoms with E-state index in [1.807, 2.05) is 5.48 Å². The third-order valence-electron chi connectivity index (χ3n) is 1.46. The van der Waals surface area contributed by atoms with Gasteiger partial charge in [0.1, 0.15) is 0 Å². The molecule has 0 aromatic rings. The highest BCUT2D eigenvalue weighted by molar-refractivity contribution is 5.98. The van der Waals surface area contributed by atoms with Gasteiger partial charge in [-0.3, -0.25) is 15.5 Å². The lowest BCUT2D eigenvalue weighted by Crippen LogP contribution is -2.03. The molecule has 0 bridgehead atoms. The van der Waals surface area contributed by atoms with Crippen LogP contribution in [0.1, 0.15) is 6.42 Å². The normalized spacial score (nSPS) is 17.7. The molecule has 0 aromatic carbocycles. The van der Waals surface area contributed by atoms with Crippen LogP contribution < -0.4 is 5.48 Å². The quantitative estimate of drug-likeness (QED) is 0.433. The van der Waals surface area contributed by atoms with E-state index in [0.717, 1.165) is 0 Å². The van der Waals surface area contributed by atoms with Crippen LogP contribution in [0.2, 0.25) is 0 Å². The molecule has 1 aliphatic rings. The molecule has 0 fully saturated rings. The molecule has 1 aliphatic carbocycles. The van der Waals surface area contributed by atoms with E-state index in [1.54, 1.807) is 18.2 Å². The van der Waals surface area contributed by atoms with Crippen molar-refractivity contribution in [3.63, 3.8) is 0 Å². The second-order valence-corrected chi connectivity index (χ2v) is 2.26. The first-order valence-electron chi connectivity index (χ1n) is 3.24. The lowest BCUT2D eigenvalue weighted by Gasteiger charge is -1.93. The second kappa shape index (κ2) is 3.16. The highest BCUT2D eigenvalue weighted by atomic mass is 16.5. The molecule has 0 atom stereocenters. The molecule has 0 amide bonds. The van der Waals surface area contributed by atoms with Crippen molar-refractivity contribution < 1.29 is 10.0 Å². The number of allylic oxidation sites excluding steroid dienone is 4. The summed E-state index contributed by atoms with van der Waals surface area (Å²) >= 11 is 0. The fourth-order valence-corrected chi connectivity index (χ4v) is 0.768. The summed E-state index contributed by atoms with van der Waals surface area (Å²) in [4.78, 5) is 11.0. The Hall–Kier alpha value is -1.35. The monoisotopic (exact) mass is 151 g/mol. The van der Waals surface area contributed by atoms with E-state index in [4.69, 9.17) is 5.21 Å². The van der Waals surface area contributed by atoms with Gasteiger partial charge >= 0.3 is 0 Å². The van der Waals surface area contributed by atoms with Gasteiger partial charge in [-0.2, -0.15) is 0 Å². The summed E-state index contributed by atoms with van der Waals surface area (Å²) in [5, 5.41) is 8.48. The summed E-state index contributed by atoms with van der Waals surface area (Å²) in [7, 11) is 0. The first kappa shape index (κ1) is 7.75. The molecule has 11 heavy (non-hydrogen) atoms. The average molecular weight is 151 g/mol. The van der Waals surface area contributed by atoms with Crippen molar-refractivity contribution in [1.82, 2.24) is 5.48 Å². The summed E-state index contributed by atoms with van der Waals surface area (Å²) in [6.07, 6.45) is 5.07. The van der Waals surface area contributed by atoms with Gasteiger partial charge in [-0.05, 0) is 12.2 Å². The molecule has 58 valence electrons. The summed E-state index contributed by atoms with van der Waals surface area (Å²) in [6, 6.07) is 0. The Labute approximate surface area is 64.7 Å². The molecular weight excluding hydrogens is 142 g/mol. The van der Waals surface area contributed by atoms with Crippen LogP contribution in [0.3, 0.4) is 0 Å². The fourth-order valence-electron chi connectivity index (χ4n) is 0.768. The van der Waals surface area contributed by atoms with E-state index in [2.05, 4.69) is 6.58 Å². The molecule has 0 unspecified atom stereocenters. The molecule has 3 nitrogen and oxygen atoms in total. The Morgan fingerprint density at radius 1 is 1.55 bits per heavy atom. The van der Waals surface area contributed by atoms with E-state index < -0.39 is 0 Å². The molecule has 0 aromatic heterocycles. The predicted octanol–water partition coefficient (Wildman–Crippen LogP) is 0.934. The van der Waals surface area contributed by atoms with Gasteiger partial charge in [0.15, 0.2) is 5.78 Å². The van der Waals surface area contributed by atoms with Crippen LogP contribution in [0, 0.1) is 0 Å². The standard InChI is InChI=1S/C8H9NO2/c1-6-2-3-7(9-11)4-5-8(6)10/h2-4,9,11H,1,5H2. The maximum atomic E-state index is 11.0. The number of carbonyl (C=O) groups excluding carboxylic acids is 1. The number of hydrogen-bond donors (Lipinski definition) is 2. The molecule has 0 radical (unpaired) electrons. The van der Waals surface area contributed by atoms with Crippen molar-refractivity contribution in [2.75, 3.05) is 0 Å². The van der Waals surface area contributed by atoms with E-state index in [0.29, 0.717) is 11.3 Å². The van der Waals surface area contributed by atoms with Crippen molar-refractivity contribution in [2.45, 2.75) is 6.42 Å². The highest BCUT2D eigenvalue weighted by Gasteiger charge is 2.05. The van der Waals surface area contributed by atoms with Crippen LogP contribution in [-0.2, 0) is 4.79 Å². The third kappa shape index (κ3) is 1.78. The Kier molecular flexibility index (Phi) is 2.23. The average Bonchev–Trinajstić information content (AvgIpc) is 2.16. The largest absolute Gasteiger partial charge is 0.294 e. The fraction of sp³-hybridized carbons (Fsp3) is 0.125. The van der Waals surface area contributed by atoms with Crippen LogP contribution in [-0.4, -0.2) is 11.0 Å². The minimum atomic E-state index is -0.0218. The van der Waals surface area contributed by atoms with Crippen LogP contribution >= 0.6 is 0 Å². The number of rotatable bonds is 1. The van der Waals surface area contributed by atoms with Crippen molar-refractivity contribution in [2.24, 2.45) is 0 Å². The maximum absolute atomic E-state index is 11.0. The van der Waals surface area contributed by atoms with Crippen molar-refractivity contribution in [3.8, 4) is 0 Å². The zero-order valence-corrected chi connectivity index (χ0v) is 6.00. The minimum absolute atomic E-state index is 0.0218. The predicted molar refractivity (Wildman–Crippen MR) is 40.9 cm³/mol. The van der Waals surface area contributed by atoms with Gasteiger partial charge in [-0.15, -0.1) is 0 Å². The molecule has 0 heterocycles. The van der Waals surface area contributed by atoms with E-state index in [9.17, 15) is 4.79 Å². The maximum Gasteiger partial charge on any atom is 0.166 e. The molecule has 0 spiro atoms. The number of nitrogens with one attached hydrogen (secondary N) is 1. The number of carbonyl (C=O) groups is 1. The highest BCUT2D eigenvalue weighted by Crippen LogP contribution is 2.08. The van der Waals surface area contributed by atoms with E-state index in [1.165, 1.54) is 0 Å². The van der Waals surface area contributed by atoms with Crippen molar-refractivity contribution in [1.29, 1.82) is 0 Å². The summed E-state index contributed by atoms with van der Waals surface area (Å²) in [5.74, 6) is -0.0218. The second-order valence-electron chi connectivity index (χ2n) is 2.26. The Bertz CT molecular complexity index is 251. The van der Waals surface area contributed by atoms with Crippen LogP contribution in [0.15, 0.2) is 36.1 Å². The Balaban J connectivity index is 2.83. The van der Waals surface area contributed by atoms with Gasteiger partial charge in [0.25, 0.3) is 0 Å². The van der Waals surface area contributed by atoms with Crippen LogP contribution in [0.5, 0.6) is 0 Å². The summed E-state index contributed by atoms with van der Waals surface area (Å²) in [6.45, 7) is 3.54. The van der Waals surface area contributed by atoms with Gasteiger partial charge in [-0.1, -0.05) is 12.7 Å². The minimum Gasteiger partial charge on any atom is -0.294 e. The van der Waals surface area contributed by atoms with Gasteiger partial charge in [-0.25, -0.2) is 0 Å².